The predicted molar refractivity (Wildman–Crippen MR) is 85.1 cm³/mol. The van der Waals surface area contributed by atoms with Gasteiger partial charge >= 0.3 is 0 Å². The summed E-state index contributed by atoms with van der Waals surface area (Å²) in [6.45, 7) is 11.8. The summed E-state index contributed by atoms with van der Waals surface area (Å²) in [7, 11) is 0. The standard InChI is InChI=1S/C16H27N3O/c1-5-8-19(6-2)9-7-18-16(20)14-11-15(17)13(4)10-12(14)3/h10-11H,5-9,17H2,1-4H3,(H,18,20). The molecular weight excluding hydrogens is 250 g/mol. The maximum atomic E-state index is 12.2. The fraction of sp³-hybridized carbons (Fsp3) is 0.562. The number of nitrogen functional groups attached to an aromatic ring is 1. The van der Waals surface area contributed by atoms with Gasteiger partial charge in [0.1, 0.15) is 0 Å². The lowest BCUT2D eigenvalue weighted by molar-refractivity contribution is 0.0948. The highest BCUT2D eigenvalue weighted by Crippen LogP contribution is 2.17. The normalized spacial score (nSPS) is 10.8. The summed E-state index contributed by atoms with van der Waals surface area (Å²) in [5, 5.41) is 2.97. The monoisotopic (exact) mass is 277 g/mol. The largest absolute Gasteiger partial charge is 0.398 e. The lowest BCUT2D eigenvalue weighted by Gasteiger charge is -2.19. The molecule has 0 heterocycles. The van der Waals surface area contributed by atoms with Gasteiger partial charge in [0.2, 0.25) is 0 Å². The van der Waals surface area contributed by atoms with Gasteiger partial charge < -0.3 is 16.0 Å². The molecule has 20 heavy (non-hydrogen) atoms. The van der Waals surface area contributed by atoms with Crippen molar-refractivity contribution in [2.24, 2.45) is 0 Å². The first-order chi connectivity index (χ1) is 9.49. The maximum absolute atomic E-state index is 12.2. The van der Waals surface area contributed by atoms with Gasteiger partial charge in [-0.2, -0.15) is 0 Å². The quantitative estimate of drug-likeness (QED) is 0.752. The molecule has 0 atom stereocenters. The number of nitrogens with one attached hydrogen (secondary N) is 1. The Morgan fingerprint density at radius 3 is 2.50 bits per heavy atom. The molecule has 4 heteroatoms. The number of likely N-dealkylation sites (N-methyl/N-ethyl adjacent to an activating group) is 1. The molecule has 0 saturated carbocycles. The zero-order valence-electron chi connectivity index (χ0n) is 13.1. The van der Waals surface area contributed by atoms with E-state index >= 15 is 0 Å². The number of benzene rings is 1. The van der Waals surface area contributed by atoms with Crippen LogP contribution in [0.15, 0.2) is 12.1 Å². The highest BCUT2D eigenvalue weighted by molar-refractivity contribution is 5.96. The second-order valence-electron chi connectivity index (χ2n) is 5.21. The Bertz CT molecular complexity index is 457. The van der Waals surface area contributed by atoms with Crippen LogP contribution < -0.4 is 11.1 Å². The Kier molecular flexibility index (Phi) is 6.52. The molecule has 1 aromatic carbocycles. The number of rotatable bonds is 7. The average molecular weight is 277 g/mol. The Labute approximate surface area is 122 Å². The molecule has 0 spiro atoms. The molecule has 1 aromatic rings. The van der Waals surface area contributed by atoms with Crippen LogP contribution in [0.1, 0.15) is 41.8 Å². The van der Waals surface area contributed by atoms with Crippen LogP contribution in [0, 0.1) is 13.8 Å². The van der Waals surface area contributed by atoms with Gasteiger partial charge in [-0.25, -0.2) is 0 Å². The molecule has 0 aliphatic heterocycles. The topological polar surface area (TPSA) is 58.4 Å². The van der Waals surface area contributed by atoms with E-state index in [9.17, 15) is 4.79 Å². The number of hydrogen-bond donors (Lipinski definition) is 2. The minimum atomic E-state index is -0.0400. The minimum Gasteiger partial charge on any atom is -0.398 e. The van der Waals surface area contributed by atoms with Crippen LogP contribution in [-0.4, -0.2) is 37.0 Å². The summed E-state index contributed by atoms with van der Waals surface area (Å²) in [6, 6.07) is 3.73. The number of aryl methyl sites for hydroxylation is 2. The van der Waals surface area contributed by atoms with E-state index in [0.29, 0.717) is 17.8 Å². The highest BCUT2D eigenvalue weighted by atomic mass is 16.1. The molecule has 3 N–H and O–H groups in total. The molecule has 0 bridgehead atoms. The molecule has 1 rings (SSSR count). The Hall–Kier alpha value is -1.55. The van der Waals surface area contributed by atoms with Gasteiger partial charge in [-0.1, -0.05) is 19.9 Å². The highest BCUT2D eigenvalue weighted by Gasteiger charge is 2.11. The molecule has 4 nitrogen and oxygen atoms in total. The molecule has 0 saturated heterocycles. The molecule has 1 amide bonds. The van der Waals surface area contributed by atoms with Crippen LogP contribution in [0.4, 0.5) is 5.69 Å². The van der Waals surface area contributed by atoms with Gasteiger partial charge in [0.05, 0.1) is 0 Å². The van der Waals surface area contributed by atoms with Crippen molar-refractivity contribution in [1.29, 1.82) is 0 Å². The molecule has 0 radical (unpaired) electrons. The summed E-state index contributed by atoms with van der Waals surface area (Å²) in [5.74, 6) is -0.0400. The van der Waals surface area contributed by atoms with Gasteiger partial charge in [0, 0.05) is 24.3 Å². The summed E-state index contributed by atoms with van der Waals surface area (Å²) >= 11 is 0. The molecule has 0 aromatic heterocycles. The Morgan fingerprint density at radius 1 is 1.20 bits per heavy atom. The van der Waals surface area contributed by atoms with Gasteiger partial charge in [0.15, 0.2) is 0 Å². The fourth-order valence-electron chi connectivity index (χ4n) is 2.28. The van der Waals surface area contributed by atoms with Crippen molar-refractivity contribution in [3.63, 3.8) is 0 Å². The van der Waals surface area contributed by atoms with Crippen molar-refractivity contribution in [1.82, 2.24) is 10.2 Å². The molecule has 0 unspecified atom stereocenters. The van der Waals surface area contributed by atoms with Gasteiger partial charge in [-0.05, 0) is 50.6 Å². The average Bonchev–Trinajstić information content (AvgIpc) is 2.41. The molecule has 0 fully saturated rings. The van der Waals surface area contributed by atoms with Crippen molar-refractivity contribution in [3.05, 3.63) is 28.8 Å². The number of nitrogens with two attached hydrogens (primary N) is 1. The summed E-state index contributed by atoms with van der Waals surface area (Å²) in [5.41, 5.74) is 9.20. The third kappa shape index (κ3) is 4.53. The number of amides is 1. The van der Waals surface area contributed by atoms with E-state index in [1.807, 2.05) is 19.9 Å². The lowest BCUT2D eigenvalue weighted by atomic mass is 10.0. The first-order valence-electron chi connectivity index (χ1n) is 7.36. The van der Waals surface area contributed by atoms with Gasteiger partial charge in [-0.15, -0.1) is 0 Å². The minimum absolute atomic E-state index is 0.0400. The second-order valence-corrected chi connectivity index (χ2v) is 5.21. The van der Waals surface area contributed by atoms with Crippen LogP contribution >= 0.6 is 0 Å². The van der Waals surface area contributed by atoms with E-state index in [4.69, 9.17) is 5.73 Å². The maximum Gasteiger partial charge on any atom is 0.251 e. The number of anilines is 1. The first kappa shape index (κ1) is 16.5. The zero-order chi connectivity index (χ0) is 15.1. The fourth-order valence-corrected chi connectivity index (χ4v) is 2.28. The SMILES string of the molecule is CCCN(CC)CCNC(=O)c1cc(N)c(C)cc1C. The predicted octanol–water partition coefficient (Wildman–Crippen LogP) is 2.35. The summed E-state index contributed by atoms with van der Waals surface area (Å²) < 4.78 is 0. The molecular formula is C16H27N3O. The second kappa shape index (κ2) is 7.90. The van der Waals surface area contributed by atoms with Crippen LogP contribution in [0.5, 0.6) is 0 Å². The van der Waals surface area contributed by atoms with E-state index in [1.165, 1.54) is 0 Å². The van der Waals surface area contributed by atoms with Crippen LogP contribution in [0.25, 0.3) is 0 Å². The number of carbonyl (C=O) groups is 1. The smallest absolute Gasteiger partial charge is 0.251 e. The van der Waals surface area contributed by atoms with Gasteiger partial charge in [0.25, 0.3) is 5.91 Å². The van der Waals surface area contributed by atoms with E-state index in [-0.39, 0.29) is 5.91 Å². The van der Waals surface area contributed by atoms with Crippen LogP contribution in [-0.2, 0) is 0 Å². The summed E-state index contributed by atoms with van der Waals surface area (Å²) in [4.78, 5) is 14.5. The first-order valence-corrected chi connectivity index (χ1v) is 7.36. The number of carbonyl (C=O) groups excluding carboxylic acids is 1. The van der Waals surface area contributed by atoms with E-state index in [1.54, 1.807) is 6.07 Å². The number of nitrogens with zero attached hydrogens (tertiary/aromatic N) is 1. The van der Waals surface area contributed by atoms with E-state index in [2.05, 4.69) is 24.1 Å². The molecule has 0 aliphatic carbocycles. The third-order valence-corrected chi connectivity index (χ3v) is 3.56. The van der Waals surface area contributed by atoms with E-state index < -0.39 is 0 Å². The van der Waals surface area contributed by atoms with Crippen molar-refractivity contribution >= 4 is 11.6 Å². The van der Waals surface area contributed by atoms with Crippen LogP contribution in [0.3, 0.4) is 0 Å². The van der Waals surface area contributed by atoms with E-state index in [0.717, 1.165) is 37.2 Å². The molecule has 0 aliphatic rings. The Balaban J connectivity index is 2.57. The van der Waals surface area contributed by atoms with Crippen molar-refractivity contribution in [2.75, 3.05) is 31.9 Å². The van der Waals surface area contributed by atoms with Crippen LogP contribution in [0.2, 0.25) is 0 Å². The summed E-state index contributed by atoms with van der Waals surface area (Å²) in [6.07, 6.45) is 1.13. The lowest BCUT2D eigenvalue weighted by Crippen LogP contribution is -2.35. The Morgan fingerprint density at radius 2 is 1.90 bits per heavy atom. The van der Waals surface area contributed by atoms with Crippen molar-refractivity contribution < 1.29 is 4.79 Å². The molecule has 112 valence electrons. The van der Waals surface area contributed by atoms with Crippen molar-refractivity contribution in [2.45, 2.75) is 34.1 Å². The van der Waals surface area contributed by atoms with Crippen molar-refractivity contribution in [3.8, 4) is 0 Å². The number of hydrogen-bond acceptors (Lipinski definition) is 3. The zero-order valence-corrected chi connectivity index (χ0v) is 13.1. The third-order valence-electron chi connectivity index (χ3n) is 3.56. The van der Waals surface area contributed by atoms with Gasteiger partial charge in [-0.3, -0.25) is 4.79 Å².